The minimum atomic E-state index is -1.27. The third-order valence-electron chi connectivity index (χ3n) is 5.13. The zero-order chi connectivity index (χ0) is 21.4. The molecule has 0 fully saturated rings. The summed E-state index contributed by atoms with van der Waals surface area (Å²) < 4.78 is 1.39. The van der Waals surface area contributed by atoms with Gasteiger partial charge in [-0.05, 0) is 19.1 Å². The van der Waals surface area contributed by atoms with E-state index >= 15 is 0 Å². The zero-order valence-corrected chi connectivity index (χ0v) is 16.2. The molecule has 30 heavy (non-hydrogen) atoms. The standard InChI is InChI=1S/C21H20N4O5/c1-12-10-17(23-20(22-12)13-4-2-3-5-15(13)26)24-7-6-14-19(21(29)30)16(27)11-18(28)25(14)9-8-24/h2-5,10-11,26-27H,6-9H2,1H3,(H,29,30). The number of rotatable bonds is 3. The average molecular weight is 408 g/mol. The Morgan fingerprint density at radius 3 is 2.53 bits per heavy atom. The summed E-state index contributed by atoms with van der Waals surface area (Å²) in [5.41, 5.74) is 0.825. The second-order valence-corrected chi connectivity index (χ2v) is 7.09. The molecule has 0 bridgehead atoms. The molecule has 154 valence electrons. The number of phenols is 1. The van der Waals surface area contributed by atoms with Gasteiger partial charge >= 0.3 is 5.97 Å². The summed E-state index contributed by atoms with van der Waals surface area (Å²) in [7, 11) is 0. The third kappa shape index (κ3) is 3.45. The lowest BCUT2D eigenvalue weighted by Gasteiger charge is -2.22. The van der Waals surface area contributed by atoms with Crippen LogP contribution in [-0.2, 0) is 13.0 Å². The van der Waals surface area contributed by atoms with Crippen molar-refractivity contribution in [2.45, 2.75) is 19.9 Å². The lowest BCUT2D eigenvalue weighted by molar-refractivity contribution is 0.0691. The van der Waals surface area contributed by atoms with Crippen LogP contribution in [0.15, 0.2) is 41.2 Å². The monoisotopic (exact) mass is 408 g/mol. The summed E-state index contributed by atoms with van der Waals surface area (Å²) in [5.74, 6) is -0.726. The molecule has 0 saturated carbocycles. The maximum atomic E-state index is 12.3. The highest BCUT2D eigenvalue weighted by Crippen LogP contribution is 2.28. The largest absolute Gasteiger partial charge is 0.507 e. The highest BCUT2D eigenvalue weighted by atomic mass is 16.4. The Morgan fingerprint density at radius 1 is 1.03 bits per heavy atom. The summed E-state index contributed by atoms with van der Waals surface area (Å²) in [6.07, 6.45) is 0.250. The molecule has 1 aromatic carbocycles. The van der Waals surface area contributed by atoms with Crippen LogP contribution in [0, 0.1) is 6.92 Å². The smallest absolute Gasteiger partial charge is 0.341 e. The van der Waals surface area contributed by atoms with Crippen LogP contribution >= 0.6 is 0 Å². The molecule has 3 N–H and O–H groups in total. The highest BCUT2D eigenvalue weighted by molar-refractivity contribution is 5.92. The molecule has 0 spiro atoms. The van der Waals surface area contributed by atoms with Crippen LogP contribution in [0.3, 0.4) is 0 Å². The van der Waals surface area contributed by atoms with Crippen molar-refractivity contribution in [2.75, 3.05) is 18.0 Å². The van der Waals surface area contributed by atoms with Crippen molar-refractivity contribution < 1.29 is 20.1 Å². The molecule has 2 aromatic heterocycles. The Kier molecular flexibility index (Phi) is 4.86. The number of aryl methyl sites for hydroxylation is 1. The summed E-state index contributed by atoms with van der Waals surface area (Å²) in [5, 5.41) is 29.6. The Hall–Kier alpha value is -3.88. The Bertz CT molecular complexity index is 1200. The predicted molar refractivity (Wildman–Crippen MR) is 109 cm³/mol. The van der Waals surface area contributed by atoms with Gasteiger partial charge in [0.25, 0.3) is 5.56 Å². The normalized spacial score (nSPS) is 13.6. The summed E-state index contributed by atoms with van der Waals surface area (Å²) in [6.45, 7) is 2.91. The number of aromatic carboxylic acids is 1. The SMILES string of the molecule is Cc1cc(N2CCc3c(C(=O)O)c(O)cc(=O)n3CC2)nc(-c2ccccc2O)n1. The number of para-hydroxylation sites is 1. The van der Waals surface area contributed by atoms with E-state index in [9.17, 15) is 24.9 Å². The molecule has 1 aliphatic rings. The number of phenolic OH excluding ortho intramolecular Hbond substituents is 1. The van der Waals surface area contributed by atoms with Gasteiger partial charge in [0.05, 0.1) is 5.56 Å². The molecular formula is C21H20N4O5. The Labute approximate surface area is 171 Å². The van der Waals surface area contributed by atoms with Gasteiger partial charge in [0.15, 0.2) is 5.82 Å². The molecule has 3 aromatic rings. The van der Waals surface area contributed by atoms with E-state index < -0.39 is 17.3 Å². The first-order chi connectivity index (χ1) is 14.3. The summed E-state index contributed by atoms with van der Waals surface area (Å²) >= 11 is 0. The highest BCUT2D eigenvalue weighted by Gasteiger charge is 2.25. The molecule has 0 amide bonds. The van der Waals surface area contributed by atoms with Crippen LogP contribution in [0.4, 0.5) is 5.82 Å². The van der Waals surface area contributed by atoms with Crippen LogP contribution < -0.4 is 10.5 Å². The lowest BCUT2D eigenvalue weighted by atomic mass is 10.1. The fourth-order valence-corrected chi connectivity index (χ4v) is 3.72. The third-order valence-corrected chi connectivity index (χ3v) is 5.13. The van der Waals surface area contributed by atoms with Crippen molar-refractivity contribution in [1.82, 2.24) is 14.5 Å². The number of fused-ring (bicyclic) bond motifs is 1. The molecule has 4 rings (SSSR count). The molecule has 3 heterocycles. The maximum Gasteiger partial charge on any atom is 0.341 e. The first kappa shape index (κ1) is 19.4. The molecule has 9 heteroatoms. The van der Waals surface area contributed by atoms with Crippen molar-refractivity contribution in [2.24, 2.45) is 0 Å². The van der Waals surface area contributed by atoms with E-state index in [-0.39, 0.29) is 24.3 Å². The van der Waals surface area contributed by atoms with Crippen LogP contribution in [0.1, 0.15) is 21.7 Å². The van der Waals surface area contributed by atoms with E-state index in [0.29, 0.717) is 41.7 Å². The maximum absolute atomic E-state index is 12.3. The van der Waals surface area contributed by atoms with Gasteiger partial charge in [0.1, 0.15) is 22.9 Å². The van der Waals surface area contributed by atoms with Crippen LogP contribution in [-0.4, -0.2) is 48.9 Å². The number of hydrogen-bond acceptors (Lipinski definition) is 7. The molecule has 9 nitrogen and oxygen atoms in total. The van der Waals surface area contributed by atoms with Crippen molar-refractivity contribution >= 4 is 11.8 Å². The number of carboxylic acids is 1. The number of benzene rings is 1. The molecule has 0 unspecified atom stereocenters. The van der Waals surface area contributed by atoms with Crippen molar-refractivity contribution in [1.29, 1.82) is 0 Å². The fourth-order valence-electron chi connectivity index (χ4n) is 3.72. The van der Waals surface area contributed by atoms with Crippen LogP contribution in [0.2, 0.25) is 0 Å². The number of carboxylic acid groups (broad SMARTS) is 1. The van der Waals surface area contributed by atoms with Gasteiger partial charge in [-0.1, -0.05) is 12.1 Å². The molecule has 0 atom stereocenters. The van der Waals surface area contributed by atoms with Gasteiger partial charge < -0.3 is 24.8 Å². The molecular weight excluding hydrogens is 388 g/mol. The first-order valence-corrected chi connectivity index (χ1v) is 9.43. The second-order valence-electron chi connectivity index (χ2n) is 7.09. The molecule has 0 aliphatic carbocycles. The average Bonchev–Trinajstić information content (AvgIpc) is 2.91. The zero-order valence-electron chi connectivity index (χ0n) is 16.2. The lowest BCUT2D eigenvalue weighted by Crippen LogP contribution is -2.29. The predicted octanol–water partition coefficient (Wildman–Crippen LogP) is 1.79. The van der Waals surface area contributed by atoms with E-state index in [1.807, 2.05) is 11.8 Å². The van der Waals surface area contributed by atoms with Crippen molar-refractivity contribution in [3.8, 4) is 22.9 Å². The van der Waals surface area contributed by atoms with Gasteiger partial charge in [0.2, 0.25) is 0 Å². The Morgan fingerprint density at radius 2 is 1.80 bits per heavy atom. The van der Waals surface area contributed by atoms with Crippen LogP contribution in [0.25, 0.3) is 11.4 Å². The topological polar surface area (TPSA) is 129 Å². The number of anilines is 1. The molecule has 0 radical (unpaired) electrons. The van der Waals surface area contributed by atoms with Gasteiger partial charge in [-0.2, -0.15) is 0 Å². The van der Waals surface area contributed by atoms with Gasteiger partial charge in [-0.25, -0.2) is 14.8 Å². The summed E-state index contributed by atoms with van der Waals surface area (Å²) in [6, 6.07) is 9.54. The van der Waals surface area contributed by atoms with Gasteiger partial charge in [-0.3, -0.25) is 4.79 Å². The van der Waals surface area contributed by atoms with E-state index in [4.69, 9.17) is 0 Å². The number of hydrogen-bond donors (Lipinski definition) is 3. The fraction of sp³-hybridized carbons (Fsp3) is 0.238. The molecule has 0 saturated heterocycles. The van der Waals surface area contributed by atoms with Crippen molar-refractivity contribution in [3.63, 3.8) is 0 Å². The number of nitrogens with zero attached hydrogens (tertiary/aromatic N) is 4. The number of aromatic hydroxyl groups is 2. The quantitative estimate of drug-likeness (QED) is 0.598. The van der Waals surface area contributed by atoms with E-state index in [1.165, 1.54) is 4.57 Å². The van der Waals surface area contributed by atoms with E-state index in [0.717, 1.165) is 6.07 Å². The number of pyridine rings is 1. The number of carbonyl (C=O) groups is 1. The van der Waals surface area contributed by atoms with E-state index in [1.54, 1.807) is 30.3 Å². The van der Waals surface area contributed by atoms with Crippen molar-refractivity contribution in [3.05, 3.63) is 63.7 Å². The Balaban J connectivity index is 1.72. The first-order valence-electron chi connectivity index (χ1n) is 9.43. The minimum absolute atomic E-state index is 0.0745. The van der Waals surface area contributed by atoms with Crippen LogP contribution in [0.5, 0.6) is 11.5 Å². The second kappa shape index (κ2) is 7.51. The van der Waals surface area contributed by atoms with Gasteiger partial charge in [0, 0.05) is 49.6 Å². The van der Waals surface area contributed by atoms with Gasteiger partial charge in [-0.15, -0.1) is 0 Å². The van der Waals surface area contributed by atoms with E-state index in [2.05, 4.69) is 9.97 Å². The molecule has 1 aliphatic heterocycles. The minimum Gasteiger partial charge on any atom is -0.507 e. The number of aromatic nitrogens is 3. The summed E-state index contributed by atoms with van der Waals surface area (Å²) in [4.78, 5) is 34.9.